The van der Waals surface area contributed by atoms with Gasteiger partial charge in [0.25, 0.3) is 0 Å². The number of hydrogen-bond donors (Lipinski definition) is 0. The normalized spacial score (nSPS) is 19.1. The second-order valence-electron chi connectivity index (χ2n) is 5.38. The molecule has 1 spiro atoms. The van der Waals surface area contributed by atoms with Gasteiger partial charge in [-0.3, -0.25) is 0 Å². The molecule has 2 heterocycles. The van der Waals surface area contributed by atoms with Gasteiger partial charge in [0.05, 0.1) is 0 Å². The van der Waals surface area contributed by atoms with E-state index >= 15 is 0 Å². The highest BCUT2D eigenvalue weighted by Crippen LogP contribution is 2.40. The first-order valence-electron chi connectivity index (χ1n) is 8.14. The van der Waals surface area contributed by atoms with Crippen molar-refractivity contribution in [1.82, 2.24) is 4.90 Å². The second-order valence-corrected chi connectivity index (χ2v) is 5.38. The van der Waals surface area contributed by atoms with Gasteiger partial charge < -0.3 is 9.64 Å². The lowest BCUT2D eigenvalue weighted by molar-refractivity contribution is 0.0271. The standard InChI is InChI=1S/C14H19NO.2C2H6/c1-11-3-4-13-12(9-11)10-14(16-13)5-7-15(2)8-6-14;2*1-2/h3-4,9H,5-8,10H2,1-2H3;2*1-2H3. The van der Waals surface area contributed by atoms with E-state index in [0.29, 0.717) is 0 Å². The van der Waals surface area contributed by atoms with Gasteiger partial charge in [0.1, 0.15) is 11.4 Å². The SMILES string of the molecule is CC.CC.Cc1ccc2c(c1)CC1(CCN(C)CC1)O2. The molecule has 114 valence electrons. The summed E-state index contributed by atoms with van der Waals surface area (Å²) in [4.78, 5) is 2.39. The van der Waals surface area contributed by atoms with E-state index in [-0.39, 0.29) is 5.60 Å². The van der Waals surface area contributed by atoms with E-state index in [0.717, 1.165) is 38.1 Å². The first kappa shape index (κ1) is 17.0. The third-order valence-corrected chi connectivity index (χ3v) is 3.95. The maximum absolute atomic E-state index is 6.21. The van der Waals surface area contributed by atoms with Crippen LogP contribution in [0, 0.1) is 6.92 Å². The summed E-state index contributed by atoms with van der Waals surface area (Å²) in [6.07, 6.45) is 3.44. The van der Waals surface area contributed by atoms with Gasteiger partial charge in [-0.05, 0) is 25.6 Å². The molecule has 20 heavy (non-hydrogen) atoms. The number of rotatable bonds is 0. The third kappa shape index (κ3) is 3.76. The summed E-state index contributed by atoms with van der Waals surface area (Å²) < 4.78 is 6.21. The van der Waals surface area contributed by atoms with Crippen LogP contribution < -0.4 is 4.74 Å². The average Bonchev–Trinajstić information content (AvgIpc) is 2.84. The van der Waals surface area contributed by atoms with Crippen molar-refractivity contribution >= 4 is 0 Å². The van der Waals surface area contributed by atoms with Crippen molar-refractivity contribution in [3.05, 3.63) is 29.3 Å². The van der Waals surface area contributed by atoms with Crippen LogP contribution in [0.1, 0.15) is 51.7 Å². The summed E-state index contributed by atoms with van der Waals surface area (Å²) in [5.74, 6) is 1.12. The largest absolute Gasteiger partial charge is 0.487 e. The predicted octanol–water partition coefficient (Wildman–Crippen LogP) is 4.45. The number of benzene rings is 1. The monoisotopic (exact) mass is 277 g/mol. The minimum Gasteiger partial charge on any atom is -0.487 e. The Hall–Kier alpha value is -1.02. The average molecular weight is 277 g/mol. The van der Waals surface area contributed by atoms with Gasteiger partial charge in [-0.15, -0.1) is 0 Å². The zero-order valence-electron chi connectivity index (χ0n) is 14.1. The number of ether oxygens (including phenoxy) is 1. The molecule has 2 aliphatic heterocycles. The zero-order valence-corrected chi connectivity index (χ0v) is 14.1. The topological polar surface area (TPSA) is 12.5 Å². The van der Waals surface area contributed by atoms with Gasteiger partial charge in [-0.1, -0.05) is 45.4 Å². The Morgan fingerprint density at radius 3 is 2.25 bits per heavy atom. The van der Waals surface area contributed by atoms with Gasteiger partial charge >= 0.3 is 0 Å². The quantitative estimate of drug-likeness (QED) is 0.695. The zero-order chi connectivity index (χ0) is 15.2. The van der Waals surface area contributed by atoms with Crippen molar-refractivity contribution in [1.29, 1.82) is 0 Å². The number of likely N-dealkylation sites (tertiary alicyclic amines) is 1. The molecule has 1 saturated heterocycles. The van der Waals surface area contributed by atoms with Crippen molar-refractivity contribution in [2.24, 2.45) is 0 Å². The molecule has 2 heteroatoms. The van der Waals surface area contributed by atoms with Crippen molar-refractivity contribution in [3.8, 4) is 5.75 Å². The van der Waals surface area contributed by atoms with E-state index in [1.54, 1.807) is 0 Å². The van der Waals surface area contributed by atoms with E-state index in [9.17, 15) is 0 Å². The molecule has 0 amide bonds. The maximum Gasteiger partial charge on any atom is 0.123 e. The molecule has 0 saturated carbocycles. The summed E-state index contributed by atoms with van der Waals surface area (Å²) in [6, 6.07) is 6.56. The molecule has 0 unspecified atom stereocenters. The Morgan fingerprint density at radius 2 is 1.65 bits per heavy atom. The summed E-state index contributed by atoms with van der Waals surface area (Å²) >= 11 is 0. The maximum atomic E-state index is 6.21. The van der Waals surface area contributed by atoms with Crippen LogP contribution in [0.5, 0.6) is 5.75 Å². The number of fused-ring (bicyclic) bond motifs is 1. The van der Waals surface area contributed by atoms with E-state index < -0.39 is 0 Å². The van der Waals surface area contributed by atoms with Crippen LogP contribution in [0.3, 0.4) is 0 Å². The van der Waals surface area contributed by atoms with Gasteiger partial charge in [0.15, 0.2) is 0 Å². The number of piperidine rings is 1. The Balaban J connectivity index is 0.000000461. The van der Waals surface area contributed by atoms with Crippen molar-refractivity contribution in [2.45, 2.75) is 59.5 Å². The van der Waals surface area contributed by atoms with Gasteiger partial charge in [-0.2, -0.15) is 0 Å². The second kappa shape index (κ2) is 7.68. The Labute approximate surface area is 125 Å². The number of hydrogen-bond acceptors (Lipinski definition) is 2. The highest BCUT2D eigenvalue weighted by atomic mass is 16.5. The fourth-order valence-corrected chi connectivity index (χ4v) is 2.87. The molecule has 0 bridgehead atoms. The van der Waals surface area contributed by atoms with Crippen LogP contribution in [0.25, 0.3) is 0 Å². The molecule has 0 aromatic heterocycles. The lowest BCUT2D eigenvalue weighted by Crippen LogP contribution is -2.45. The minimum absolute atomic E-state index is 0.114. The van der Waals surface area contributed by atoms with Crippen molar-refractivity contribution in [2.75, 3.05) is 20.1 Å². The summed E-state index contributed by atoms with van der Waals surface area (Å²) in [7, 11) is 2.19. The molecule has 1 fully saturated rings. The lowest BCUT2D eigenvalue weighted by atomic mass is 9.87. The first-order chi connectivity index (χ1) is 9.67. The molecular weight excluding hydrogens is 246 g/mol. The molecule has 0 radical (unpaired) electrons. The Morgan fingerprint density at radius 1 is 1.05 bits per heavy atom. The fraction of sp³-hybridized carbons (Fsp3) is 0.667. The summed E-state index contributed by atoms with van der Waals surface area (Å²) in [6.45, 7) is 12.5. The lowest BCUT2D eigenvalue weighted by Gasteiger charge is -2.37. The number of nitrogens with zero attached hydrogens (tertiary/aromatic N) is 1. The summed E-state index contributed by atoms with van der Waals surface area (Å²) in [5, 5.41) is 0. The Kier molecular flexibility index (Phi) is 6.54. The first-order valence-corrected chi connectivity index (χ1v) is 8.14. The molecular formula is C18H31NO. The number of aryl methyl sites for hydroxylation is 1. The van der Waals surface area contributed by atoms with Crippen LogP contribution in [-0.4, -0.2) is 30.6 Å². The smallest absolute Gasteiger partial charge is 0.123 e. The molecule has 3 rings (SSSR count). The molecule has 1 aromatic carbocycles. The van der Waals surface area contributed by atoms with Gasteiger partial charge in [-0.25, -0.2) is 0 Å². The van der Waals surface area contributed by atoms with E-state index in [1.165, 1.54) is 11.1 Å². The fourth-order valence-electron chi connectivity index (χ4n) is 2.87. The molecule has 1 aromatic rings. The van der Waals surface area contributed by atoms with Crippen LogP contribution in [0.2, 0.25) is 0 Å². The van der Waals surface area contributed by atoms with Crippen LogP contribution in [-0.2, 0) is 6.42 Å². The Bertz CT molecular complexity index is 406. The van der Waals surface area contributed by atoms with Crippen LogP contribution >= 0.6 is 0 Å². The van der Waals surface area contributed by atoms with E-state index in [2.05, 4.69) is 37.1 Å². The van der Waals surface area contributed by atoms with E-state index in [4.69, 9.17) is 4.74 Å². The predicted molar refractivity (Wildman–Crippen MR) is 87.7 cm³/mol. The molecule has 2 aliphatic rings. The van der Waals surface area contributed by atoms with E-state index in [1.807, 2.05) is 27.7 Å². The van der Waals surface area contributed by atoms with Crippen LogP contribution in [0.15, 0.2) is 18.2 Å². The van der Waals surface area contributed by atoms with Crippen molar-refractivity contribution in [3.63, 3.8) is 0 Å². The highest BCUT2D eigenvalue weighted by Gasteiger charge is 2.41. The minimum atomic E-state index is 0.114. The third-order valence-electron chi connectivity index (χ3n) is 3.95. The van der Waals surface area contributed by atoms with Crippen LogP contribution in [0.4, 0.5) is 0 Å². The van der Waals surface area contributed by atoms with Gasteiger partial charge in [0, 0.05) is 32.4 Å². The highest BCUT2D eigenvalue weighted by molar-refractivity contribution is 5.42. The summed E-state index contributed by atoms with van der Waals surface area (Å²) in [5.41, 5.74) is 2.86. The molecule has 0 aliphatic carbocycles. The molecule has 0 N–H and O–H groups in total. The molecule has 2 nitrogen and oxygen atoms in total. The van der Waals surface area contributed by atoms with Crippen molar-refractivity contribution < 1.29 is 4.74 Å². The van der Waals surface area contributed by atoms with Gasteiger partial charge in [0.2, 0.25) is 0 Å². The molecule has 0 atom stereocenters.